The number of nitrogens with zero attached hydrogens (tertiary/aromatic N) is 1. The lowest BCUT2D eigenvalue weighted by Crippen LogP contribution is -1.93. The van der Waals surface area contributed by atoms with Crippen LogP contribution >= 0.6 is 34.8 Å². The fraction of sp³-hybridized carbons (Fsp3) is 0. The molecule has 0 bridgehead atoms. The Balaban J connectivity index is 2.62. The first-order chi connectivity index (χ1) is 8.52. The molecule has 92 valence electrons. The van der Waals surface area contributed by atoms with Crippen LogP contribution in [0.2, 0.25) is 15.1 Å². The minimum atomic E-state index is -0.829. The molecule has 0 amide bonds. The van der Waals surface area contributed by atoms with E-state index in [1.807, 2.05) is 0 Å². The lowest BCUT2D eigenvalue weighted by molar-refractivity contribution is 0.111. The lowest BCUT2D eigenvalue weighted by Gasteiger charge is -2.07. The van der Waals surface area contributed by atoms with Gasteiger partial charge in [0.2, 0.25) is 5.95 Å². The number of pyridine rings is 1. The zero-order chi connectivity index (χ0) is 13.3. The monoisotopic (exact) mass is 303 g/mol. The maximum absolute atomic E-state index is 13.1. The van der Waals surface area contributed by atoms with Gasteiger partial charge in [-0.2, -0.15) is 4.39 Å². The van der Waals surface area contributed by atoms with E-state index in [0.29, 0.717) is 32.5 Å². The van der Waals surface area contributed by atoms with E-state index >= 15 is 0 Å². The molecule has 1 aromatic carbocycles. The third-order valence-corrected chi connectivity index (χ3v) is 3.35. The van der Waals surface area contributed by atoms with E-state index in [-0.39, 0.29) is 5.56 Å². The van der Waals surface area contributed by atoms with E-state index in [2.05, 4.69) is 4.98 Å². The first kappa shape index (κ1) is 13.3. The van der Waals surface area contributed by atoms with Crippen LogP contribution in [-0.4, -0.2) is 11.3 Å². The smallest absolute Gasteiger partial charge is 0.223 e. The highest BCUT2D eigenvalue weighted by atomic mass is 35.5. The van der Waals surface area contributed by atoms with Crippen LogP contribution in [-0.2, 0) is 0 Å². The molecule has 0 radical (unpaired) electrons. The third kappa shape index (κ3) is 2.48. The summed E-state index contributed by atoms with van der Waals surface area (Å²) in [7, 11) is 0. The van der Waals surface area contributed by atoms with Crippen LogP contribution < -0.4 is 0 Å². The largest absolute Gasteiger partial charge is 0.298 e. The summed E-state index contributed by atoms with van der Waals surface area (Å²) in [6.45, 7) is 0. The number of carbonyl (C=O) groups is 1. The molecule has 0 unspecified atom stereocenters. The molecule has 6 heteroatoms. The Morgan fingerprint density at radius 3 is 2.39 bits per heavy atom. The highest BCUT2D eigenvalue weighted by molar-refractivity contribution is 6.44. The number of carbonyl (C=O) groups excluding carboxylic acids is 1. The Labute approximate surface area is 117 Å². The first-order valence-electron chi connectivity index (χ1n) is 4.78. The second-order valence-electron chi connectivity index (χ2n) is 3.47. The topological polar surface area (TPSA) is 30.0 Å². The Kier molecular flexibility index (Phi) is 3.85. The van der Waals surface area contributed by atoms with Crippen LogP contribution in [0.15, 0.2) is 24.4 Å². The predicted molar refractivity (Wildman–Crippen MR) is 70.0 cm³/mol. The van der Waals surface area contributed by atoms with Crippen molar-refractivity contribution >= 4 is 41.1 Å². The molecule has 0 N–H and O–H groups in total. The summed E-state index contributed by atoms with van der Waals surface area (Å²) in [5, 5.41) is 0.971. The van der Waals surface area contributed by atoms with Crippen molar-refractivity contribution in [3.8, 4) is 11.1 Å². The van der Waals surface area contributed by atoms with Gasteiger partial charge in [-0.3, -0.25) is 4.79 Å². The number of rotatable bonds is 2. The number of aromatic nitrogens is 1. The van der Waals surface area contributed by atoms with E-state index in [4.69, 9.17) is 34.8 Å². The van der Waals surface area contributed by atoms with Crippen molar-refractivity contribution in [3.05, 3.63) is 51.0 Å². The van der Waals surface area contributed by atoms with E-state index < -0.39 is 5.95 Å². The highest BCUT2D eigenvalue weighted by Crippen LogP contribution is 2.35. The van der Waals surface area contributed by atoms with Crippen LogP contribution in [0.4, 0.5) is 4.39 Å². The molecule has 0 atom stereocenters. The van der Waals surface area contributed by atoms with Crippen LogP contribution in [0.1, 0.15) is 10.4 Å². The van der Waals surface area contributed by atoms with Gasteiger partial charge in [0.1, 0.15) is 0 Å². The molecule has 2 nitrogen and oxygen atoms in total. The van der Waals surface area contributed by atoms with Crippen LogP contribution in [0, 0.1) is 5.95 Å². The summed E-state index contributed by atoms with van der Waals surface area (Å²) in [6, 6.07) is 4.36. The molecule has 0 fully saturated rings. The zero-order valence-electron chi connectivity index (χ0n) is 8.75. The van der Waals surface area contributed by atoms with E-state index in [9.17, 15) is 9.18 Å². The van der Waals surface area contributed by atoms with Crippen molar-refractivity contribution in [1.82, 2.24) is 4.98 Å². The summed E-state index contributed by atoms with van der Waals surface area (Å²) in [4.78, 5) is 14.1. The summed E-state index contributed by atoms with van der Waals surface area (Å²) < 4.78 is 13.1. The molecular formula is C12H5Cl3FNO. The fourth-order valence-corrected chi connectivity index (χ4v) is 2.09. The lowest BCUT2D eigenvalue weighted by atomic mass is 10.1. The predicted octanol–water partition coefficient (Wildman–Crippen LogP) is 4.66. The molecule has 0 spiro atoms. The number of hydrogen-bond acceptors (Lipinski definition) is 2. The van der Waals surface area contributed by atoms with Gasteiger partial charge in [-0.25, -0.2) is 4.98 Å². The van der Waals surface area contributed by atoms with E-state index in [0.717, 1.165) is 0 Å². The average Bonchev–Trinajstić information content (AvgIpc) is 2.35. The minimum Gasteiger partial charge on any atom is -0.298 e. The van der Waals surface area contributed by atoms with Gasteiger partial charge in [0.25, 0.3) is 0 Å². The zero-order valence-corrected chi connectivity index (χ0v) is 11.0. The first-order valence-corrected chi connectivity index (χ1v) is 5.92. The van der Waals surface area contributed by atoms with Crippen molar-refractivity contribution in [2.75, 3.05) is 0 Å². The third-order valence-electron chi connectivity index (χ3n) is 2.31. The van der Waals surface area contributed by atoms with E-state index in [1.165, 1.54) is 24.4 Å². The minimum absolute atomic E-state index is 0.144. The second kappa shape index (κ2) is 5.22. The molecule has 18 heavy (non-hydrogen) atoms. The molecule has 0 aliphatic heterocycles. The molecule has 0 saturated heterocycles. The van der Waals surface area contributed by atoms with Gasteiger partial charge in [-0.15, -0.1) is 0 Å². The Hall–Kier alpha value is -1.16. The molecule has 1 aromatic heterocycles. The fourth-order valence-electron chi connectivity index (χ4n) is 1.44. The van der Waals surface area contributed by atoms with Crippen molar-refractivity contribution in [3.63, 3.8) is 0 Å². The van der Waals surface area contributed by atoms with Gasteiger partial charge in [0.05, 0.1) is 20.6 Å². The van der Waals surface area contributed by atoms with Gasteiger partial charge in [0.15, 0.2) is 6.29 Å². The number of hydrogen-bond donors (Lipinski definition) is 0. The molecule has 0 aliphatic carbocycles. The average molecular weight is 305 g/mol. The summed E-state index contributed by atoms with van der Waals surface area (Å²) in [5.41, 5.74) is 0.873. The highest BCUT2D eigenvalue weighted by Gasteiger charge is 2.11. The van der Waals surface area contributed by atoms with Gasteiger partial charge in [-0.05, 0) is 18.2 Å². The molecule has 2 aromatic rings. The number of aldehydes is 1. The van der Waals surface area contributed by atoms with Gasteiger partial charge < -0.3 is 0 Å². The van der Waals surface area contributed by atoms with E-state index in [1.54, 1.807) is 0 Å². The van der Waals surface area contributed by atoms with Crippen molar-refractivity contribution in [2.45, 2.75) is 0 Å². The Morgan fingerprint density at radius 2 is 1.72 bits per heavy atom. The molecule has 2 rings (SSSR count). The number of halogens is 4. The van der Waals surface area contributed by atoms with Gasteiger partial charge in [-0.1, -0.05) is 34.8 Å². The summed E-state index contributed by atoms with van der Waals surface area (Å²) in [5.74, 6) is -0.829. The SMILES string of the molecule is O=Cc1cc(-c2cc(Cl)c(Cl)cc2Cl)cnc1F. The van der Waals surface area contributed by atoms with Crippen molar-refractivity contribution in [2.24, 2.45) is 0 Å². The van der Waals surface area contributed by atoms with Crippen LogP contribution in [0.25, 0.3) is 11.1 Å². The molecular weight excluding hydrogens is 299 g/mol. The van der Waals surface area contributed by atoms with Crippen molar-refractivity contribution < 1.29 is 9.18 Å². The molecule has 0 aliphatic rings. The van der Waals surface area contributed by atoms with Crippen LogP contribution in [0.5, 0.6) is 0 Å². The summed E-state index contributed by atoms with van der Waals surface area (Å²) in [6.07, 6.45) is 1.66. The van der Waals surface area contributed by atoms with Crippen molar-refractivity contribution in [1.29, 1.82) is 0 Å². The quantitative estimate of drug-likeness (QED) is 0.459. The Bertz CT molecular complexity index is 631. The van der Waals surface area contributed by atoms with Crippen LogP contribution in [0.3, 0.4) is 0 Å². The second-order valence-corrected chi connectivity index (χ2v) is 4.69. The molecule has 0 saturated carbocycles. The standard InChI is InChI=1S/C12H5Cl3FNO/c13-9-3-11(15)10(14)2-8(9)6-1-7(5-18)12(16)17-4-6/h1-5H. The van der Waals surface area contributed by atoms with Gasteiger partial charge in [0, 0.05) is 17.3 Å². The maximum atomic E-state index is 13.1. The van der Waals surface area contributed by atoms with Gasteiger partial charge >= 0.3 is 0 Å². The molecule has 1 heterocycles. The Morgan fingerprint density at radius 1 is 1.06 bits per heavy atom. The summed E-state index contributed by atoms with van der Waals surface area (Å²) >= 11 is 17.7. The normalized spacial score (nSPS) is 10.4. The maximum Gasteiger partial charge on any atom is 0.223 e. The number of benzene rings is 1.